The quantitative estimate of drug-likeness (QED) is 0.378. The van der Waals surface area contributed by atoms with Crippen LogP contribution in [-0.4, -0.2) is 13.2 Å². The molecule has 1 fully saturated rings. The fourth-order valence-corrected chi connectivity index (χ4v) is 4.43. The maximum atomic E-state index is 14.6. The summed E-state index contributed by atoms with van der Waals surface area (Å²) in [5, 5.41) is 0. The fraction of sp³-hybridized carbons (Fsp3) is 0.333. The fourth-order valence-electron chi connectivity index (χ4n) is 4.43. The topological polar surface area (TPSA) is 18.5 Å². The molecule has 3 aromatic carbocycles. The number of halogens is 3. The van der Waals surface area contributed by atoms with Crippen LogP contribution < -0.4 is 9.47 Å². The molecule has 1 saturated carbocycles. The zero-order chi connectivity index (χ0) is 22.5. The Morgan fingerprint density at radius 2 is 1.56 bits per heavy atom. The first-order chi connectivity index (χ1) is 15.6. The van der Waals surface area contributed by atoms with Crippen LogP contribution in [0.1, 0.15) is 44.1 Å². The third-order valence-electron chi connectivity index (χ3n) is 6.18. The molecule has 0 saturated heterocycles. The lowest BCUT2D eigenvalue weighted by Crippen LogP contribution is -2.20. The summed E-state index contributed by atoms with van der Waals surface area (Å²) in [7, 11) is 0. The van der Waals surface area contributed by atoms with Crippen LogP contribution in [0.5, 0.6) is 11.5 Å². The Bertz CT molecular complexity index is 1040. The van der Waals surface area contributed by atoms with Crippen molar-refractivity contribution in [3.63, 3.8) is 0 Å². The molecule has 0 aromatic heterocycles. The van der Waals surface area contributed by atoms with E-state index in [0.29, 0.717) is 24.5 Å². The highest BCUT2D eigenvalue weighted by molar-refractivity contribution is 5.65. The molecule has 168 valence electrons. The average Bonchev–Trinajstić information content (AvgIpc) is 2.81. The average molecular weight is 441 g/mol. The number of hydrogen-bond donors (Lipinski definition) is 0. The van der Waals surface area contributed by atoms with Crippen LogP contribution in [0.25, 0.3) is 11.1 Å². The van der Waals surface area contributed by atoms with E-state index >= 15 is 0 Å². The van der Waals surface area contributed by atoms with E-state index in [1.165, 1.54) is 12.1 Å². The molecule has 0 spiro atoms. The second kappa shape index (κ2) is 10.1. The van der Waals surface area contributed by atoms with Gasteiger partial charge in [0.25, 0.3) is 0 Å². The summed E-state index contributed by atoms with van der Waals surface area (Å²) in [6, 6.07) is 17.0. The minimum atomic E-state index is -0.962. The monoisotopic (exact) mass is 440 g/mol. The lowest BCUT2D eigenvalue weighted by atomic mass is 9.79. The molecule has 1 aliphatic rings. The van der Waals surface area contributed by atoms with Crippen LogP contribution in [0.2, 0.25) is 0 Å². The van der Waals surface area contributed by atoms with Gasteiger partial charge in [-0.15, -0.1) is 0 Å². The highest BCUT2D eigenvalue weighted by Gasteiger charge is 2.25. The first kappa shape index (κ1) is 22.3. The van der Waals surface area contributed by atoms with Crippen molar-refractivity contribution in [3.05, 3.63) is 83.7 Å². The van der Waals surface area contributed by atoms with Gasteiger partial charge >= 0.3 is 0 Å². The van der Waals surface area contributed by atoms with Gasteiger partial charge in [-0.2, -0.15) is 4.39 Å². The number of benzene rings is 3. The van der Waals surface area contributed by atoms with Gasteiger partial charge in [-0.05, 0) is 73.8 Å². The number of rotatable bonds is 7. The van der Waals surface area contributed by atoms with Crippen molar-refractivity contribution in [2.24, 2.45) is 5.92 Å². The van der Waals surface area contributed by atoms with Crippen molar-refractivity contribution < 1.29 is 22.6 Å². The van der Waals surface area contributed by atoms with Crippen LogP contribution in [0.4, 0.5) is 13.2 Å². The molecule has 4 rings (SSSR count). The first-order valence-electron chi connectivity index (χ1n) is 11.1. The van der Waals surface area contributed by atoms with Gasteiger partial charge in [-0.3, -0.25) is 0 Å². The lowest BCUT2D eigenvalue weighted by molar-refractivity contribution is 0.192. The van der Waals surface area contributed by atoms with Crippen molar-refractivity contribution >= 4 is 0 Å². The van der Waals surface area contributed by atoms with Gasteiger partial charge in [-0.1, -0.05) is 36.4 Å². The van der Waals surface area contributed by atoms with E-state index in [4.69, 9.17) is 9.47 Å². The molecule has 2 nitrogen and oxygen atoms in total. The summed E-state index contributed by atoms with van der Waals surface area (Å²) in [5.41, 5.74) is 1.56. The third-order valence-corrected chi connectivity index (χ3v) is 6.18. The Labute approximate surface area is 187 Å². The molecule has 0 aliphatic heterocycles. The van der Waals surface area contributed by atoms with Crippen molar-refractivity contribution in [2.75, 3.05) is 13.2 Å². The highest BCUT2D eigenvalue weighted by atomic mass is 19.2. The van der Waals surface area contributed by atoms with Crippen molar-refractivity contribution in [1.82, 2.24) is 0 Å². The molecule has 32 heavy (non-hydrogen) atoms. The van der Waals surface area contributed by atoms with E-state index in [-0.39, 0.29) is 29.0 Å². The number of ether oxygens (including phenoxy) is 2. The van der Waals surface area contributed by atoms with E-state index < -0.39 is 11.6 Å². The molecule has 3 aromatic rings. The van der Waals surface area contributed by atoms with E-state index in [1.54, 1.807) is 30.3 Å². The van der Waals surface area contributed by atoms with Gasteiger partial charge in [0.2, 0.25) is 5.82 Å². The van der Waals surface area contributed by atoms with E-state index in [1.807, 2.05) is 25.1 Å². The maximum absolute atomic E-state index is 14.6. The van der Waals surface area contributed by atoms with Crippen molar-refractivity contribution in [2.45, 2.75) is 38.5 Å². The third kappa shape index (κ3) is 4.93. The van der Waals surface area contributed by atoms with E-state index in [9.17, 15) is 13.2 Å². The Morgan fingerprint density at radius 1 is 0.812 bits per heavy atom. The summed E-state index contributed by atoms with van der Waals surface area (Å²) in [5.74, 6) is -1.23. The van der Waals surface area contributed by atoms with Gasteiger partial charge in [-0.25, -0.2) is 8.78 Å². The molecule has 0 bridgehead atoms. The molecule has 1 aliphatic carbocycles. The van der Waals surface area contributed by atoms with Crippen LogP contribution >= 0.6 is 0 Å². The molecule has 0 N–H and O–H groups in total. The minimum absolute atomic E-state index is 0.0677. The lowest BCUT2D eigenvalue weighted by Gasteiger charge is -2.29. The van der Waals surface area contributed by atoms with Crippen molar-refractivity contribution in [3.8, 4) is 22.6 Å². The molecular formula is C27H27F3O2. The Morgan fingerprint density at radius 3 is 2.25 bits per heavy atom. The first-order valence-corrected chi connectivity index (χ1v) is 11.1. The maximum Gasteiger partial charge on any atom is 0.201 e. The summed E-state index contributed by atoms with van der Waals surface area (Å²) >= 11 is 0. The summed E-state index contributed by atoms with van der Waals surface area (Å²) in [6.45, 7) is 2.69. The standard InChI is InChI=1S/C27H27F3O2/c1-2-31-21-12-13-22(24(28)16-21)20-10-8-18(9-11-20)17-32-25-15-14-23(26(29)27(25)30)19-6-4-3-5-7-19/h3-7,12-16,18,20H,2,8-11,17H2,1H3. The van der Waals surface area contributed by atoms with Gasteiger partial charge < -0.3 is 9.47 Å². The number of hydrogen-bond acceptors (Lipinski definition) is 2. The van der Waals surface area contributed by atoms with Gasteiger partial charge in [0, 0.05) is 11.6 Å². The van der Waals surface area contributed by atoms with E-state index in [2.05, 4.69) is 0 Å². The predicted molar refractivity (Wildman–Crippen MR) is 120 cm³/mol. The molecule has 0 amide bonds. The molecular weight excluding hydrogens is 413 g/mol. The largest absolute Gasteiger partial charge is 0.494 e. The summed E-state index contributed by atoms with van der Waals surface area (Å²) in [6.07, 6.45) is 3.37. The Balaban J connectivity index is 1.34. The van der Waals surface area contributed by atoms with E-state index in [0.717, 1.165) is 31.2 Å². The Kier molecular flexibility index (Phi) is 7.03. The Hall–Kier alpha value is -2.95. The molecule has 0 radical (unpaired) electrons. The predicted octanol–water partition coefficient (Wildman–Crippen LogP) is 7.52. The van der Waals surface area contributed by atoms with Gasteiger partial charge in [0.05, 0.1) is 13.2 Å². The molecule has 0 heterocycles. The highest BCUT2D eigenvalue weighted by Crippen LogP contribution is 2.38. The van der Waals surface area contributed by atoms with Crippen LogP contribution in [0.3, 0.4) is 0 Å². The van der Waals surface area contributed by atoms with Crippen LogP contribution in [0, 0.1) is 23.4 Å². The zero-order valence-electron chi connectivity index (χ0n) is 18.1. The van der Waals surface area contributed by atoms with Gasteiger partial charge in [0.15, 0.2) is 11.6 Å². The summed E-state index contributed by atoms with van der Waals surface area (Å²) in [4.78, 5) is 0. The SMILES string of the molecule is CCOc1ccc(C2CCC(COc3ccc(-c4ccccc4)c(F)c3F)CC2)c(F)c1. The second-order valence-electron chi connectivity index (χ2n) is 8.25. The molecule has 0 atom stereocenters. The van der Waals surface area contributed by atoms with Gasteiger partial charge in [0.1, 0.15) is 11.6 Å². The normalized spacial score (nSPS) is 18.4. The smallest absolute Gasteiger partial charge is 0.201 e. The van der Waals surface area contributed by atoms with Crippen LogP contribution in [0.15, 0.2) is 60.7 Å². The minimum Gasteiger partial charge on any atom is -0.494 e. The molecule has 0 unspecified atom stereocenters. The zero-order valence-corrected chi connectivity index (χ0v) is 18.1. The second-order valence-corrected chi connectivity index (χ2v) is 8.25. The van der Waals surface area contributed by atoms with Crippen molar-refractivity contribution in [1.29, 1.82) is 0 Å². The summed E-state index contributed by atoms with van der Waals surface area (Å²) < 4.78 is 54.6. The molecule has 5 heteroatoms. The van der Waals surface area contributed by atoms with Crippen LogP contribution in [-0.2, 0) is 0 Å².